The smallest absolute Gasteiger partial charge is 0.233 e. The number of benzene rings is 2. The van der Waals surface area contributed by atoms with Gasteiger partial charge in [-0.15, -0.1) is 10.2 Å². The molecule has 1 saturated heterocycles. The number of carbonyl (C=O) groups excluding carboxylic acids is 1. The maximum Gasteiger partial charge on any atom is 0.233 e. The van der Waals surface area contributed by atoms with Crippen molar-refractivity contribution in [2.45, 2.75) is 11.2 Å². The van der Waals surface area contributed by atoms with Crippen molar-refractivity contribution >= 4 is 17.7 Å². The molecule has 0 N–H and O–H groups in total. The fourth-order valence-corrected chi connectivity index (χ4v) is 5.34. The van der Waals surface area contributed by atoms with Crippen LogP contribution in [0.3, 0.4) is 0 Å². The van der Waals surface area contributed by atoms with E-state index in [2.05, 4.69) is 80.7 Å². The second kappa shape index (κ2) is 10.8. The van der Waals surface area contributed by atoms with Gasteiger partial charge in [-0.2, -0.15) is 0 Å². The topological polar surface area (TPSA) is 67.2 Å². The number of thioether (sulfide) groups is 1. The minimum atomic E-state index is 0.138. The number of hydrogen-bond donors (Lipinski definition) is 0. The van der Waals surface area contributed by atoms with Crippen molar-refractivity contribution in [3.63, 3.8) is 0 Å². The molecule has 0 radical (unpaired) electrons. The average molecular weight is 485 g/mol. The van der Waals surface area contributed by atoms with E-state index in [1.54, 1.807) is 12.4 Å². The number of pyridine rings is 1. The van der Waals surface area contributed by atoms with Crippen LogP contribution in [0.5, 0.6) is 0 Å². The minimum Gasteiger partial charge on any atom is -0.339 e. The molecular formula is C27H28N6OS. The summed E-state index contributed by atoms with van der Waals surface area (Å²) in [5, 5.41) is 9.32. The minimum absolute atomic E-state index is 0.138. The highest BCUT2D eigenvalue weighted by Crippen LogP contribution is 2.30. The normalized spacial score (nSPS) is 14.4. The van der Waals surface area contributed by atoms with E-state index in [0.29, 0.717) is 5.75 Å². The number of rotatable bonds is 7. The summed E-state index contributed by atoms with van der Waals surface area (Å²) in [6.45, 7) is 3.11. The Hall–Kier alpha value is -3.49. The monoisotopic (exact) mass is 484 g/mol. The predicted octanol–water partition coefficient (Wildman–Crippen LogP) is 3.90. The lowest BCUT2D eigenvalue weighted by atomic mass is 9.96. The van der Waals surface area contributed by atoms with Crippen LogP contribution in [0.4, 0.5) is 0 Å². The van der Waals surface area contributed by atoms with Gasteiger partial charge in [-0.1, -0.05) is 72.4 Å². The van der Waals surface area contributed by atoms with E-state index in [1.807, 2.05) is 28.6 Å². The zero-order valence-corrected chi connectivity index (χ0v) is 20.5. The van der Waals surface area contributed by atoms with E-state index in [1.165, 1.54) is 22.9 Å². The van der Waals surface area contributed by atoms with Crippen molar-refractivity contribution in [3.8, 4) is 11.4 Å². The van der Waals surface area contributed by atoms with E-state index in [9.17, 15) is 4.79 Å². The molecule has 1 fully saturated rings. The van der Waals surface area contributed by atoms with E-state index in [4.69, 9.17) is 0 Å². The van der Waals surface area contributed by atoms with Crippen molar-refractivity contribution in [1.29, 1.82) is 0 Å². The molecule has 178 valence electrons. The Morgan fingerprint density at radius 3 is 2.06 bits per heavy atom. The highest BCUT2D eigenvalue weighted by Gasteiger charge is 2.28. The van der Waals surface area contributed by atoms with Crippen LogP contribution in [-0.4, -0.2) is 67.4 Å². The van der Waals surface area contributed by atoms with Gasteiger partial charge in [0.15, 0.2) is 11.0 Å². The Morgan fingerprint density at radius 1 is 0.857 bits per heavy atom. The summed E-state index contributed by atoms with van der Waals surface area (Å²) < 4.78 is 1.93. The van der Waals surface area contributed by atoms with Crippen LogP contribution in [0.25, 0.3) is 11.4 Å². The zero-order valence-electron chi connectivity index (χ0n) is 19.7. The van der Waals surface area contributed by atoms with Gasteiger partial charge >= 0.3 is 0 Å². The molecule has 0 aliphatic carbocycles. The maximum atomic E-state index is 13.0. The SMILES string of the molecule is Cn1c(SCC(=O)N2CCN(C(c3ccccc3)c3ccccc3)CC2)nnc1-c1ccncc1. The first-order valence-electron chi connectivity index (χ1n) is 11.7. The molecule has 0 atom stereocenters. The number of carbonyl (C=O) groups is 1. The molecule has 0 bridgehead atoms. The lowest BCUT2D eigenvalue weighted by Crippen LogP contribution is -2.50. The summed E-state index contributed by atoms with van der Waals surface area (Å²) >= 11 is 1.43. The molecule has 1 amide bonds. The summed E-state index contributed by atoms with van der Waals surface area (Å²) in [4.78, 5) is 21.5. The molecule has 1 aliphatic heterocycles. The Labute approximate surface area is 209 Å². The Bertz CT molecular complexity index is 1200. The number of piperazine rings is 1. The molecule has 0 unspecified atom stereocenters. The third-order valence-corrected chi connectivity index (χ3v) is 7.37. The first-order valence-corrected chi connectivity index (χ1v) is 12.7. The number of hydrogen-bond acceptors (Lipinski definition) is 6. The standard InChI is InChI=1S/C27H28N6OS/c1-31-26(23-12-14-28-15-13-23)29-30-27(31)35-20-24(34)32-16-18-33(19-17-32)25(21-8-4-2-5-9-21)22-10-6-3-7-11-22/h2-15,25H,16-20H2,1H3. The van der Waals surface area contributed by atoms with Crippen LogP contribution in [0.15, 0.2) is 90.3 Å². The van der Waals surface area contributed by atoms with Crippen LogP contribution < -0.4 is 0 Å². The molecule has 5 rings (SSSR count). The zero-order chi connectivity index (χ0) is 24.0. The van der Waals surface area contributed by atoms with Gasteiger partial charge in [0.2, 0.25) is 5.91 Å². The van der Waals surface area contributed by atoms with Crippen LogP contribution in [0.1, 0.15) is 17.2 Å². The van der Waals surface area contributed by atoms with Gasteiger partial charge in [-0.25, -0.2) is 0 Å². The second-order valence-electron chi connectivity index (χ2n) is 8.53. The Morgan fingerprint density at radius 2 is 1.46 bits per heavy atom. The summed E-state index contributed by atoms with van der Waals surface area (Å²) in [5.41, 5.74) is 3.51. The lowest BCUT2D eigenvalue weighted by Gasteiger charge is -2.39. The maximum absolute atomic E-state index is 13.0. The van der Waals surface area contributed by atoms with Gasteiger partial charge in [0.05, 0.1) is 11.8 Å². The van der Waals surface area contributed by atoms with Crippen LogP contribution in [-0.2, 0) is 11.8 Å². The molecule has 4 aromatic rings. The number of amides is 1. The van der Waals surface area contributed by atoms with Gasteiger partial charge in [0, 0.05) is 51.2 Å². The quantitative estimate of drug-likeness (QED) is 0.371. The van der Waals surface area contributed by atoms with Crippen LogP contribution in [0.2, 0.25) is 0 Å². The molecule has 1 aliphatic rings. The van der Waals surface area contributed by atoms with Gasteiger partial charge in [-0.3, -0.25) is 14.7 Å². The fourth-order valence-electron chi connectivity index (χ4n) is 4.52. The number of nitrogens with zero attached hydrogens (tertiary/aromatic N) is 6. The lowest BCUT2D eigenvalue weighted by molar-refractivity contribution is -0.130. The van der Waals surface area contributed by atoms with E-state index >= 15 is 0 Å². The first-order chi connectivity index (χ1) is 17.2. The molecular weight excluding hydrogens is 456 g/mol. The average Bonchev–Trinajstić information content (AvgIpc) is 3.29. The molecule has 3 heterocycles. The summed E-state index contributed by atoms with van der Waals surface area (Å²) in [6, 6.07) is 25.2. The van der Waals surface area contributed by atoms with Crippen molar-refractivity contribution in [1.82, 2.24) is 29.5 Å². The van der Waals surface area contributed by atoms with Crippen molar-refractivity contribution in [2.75, 3.05) is 31.9 Å². The summed E-state index contributed by atoms with van der Waals surface area (Å²) in [7, 11) is 1.93. The second-order valence-corrected chi connectivity index (χ2v) is 9.47. The molecule has 2 aromatic carbocycles. The Kier molecular flexibility index (Phi) is 7.20. The fraction of sp³-hybridized carbons (Fsp3) is 0.259. The molecule has 2 aromatic heterocycles. The van der Waals surface area contributed by atoms with Crippen molar-refractivity contribution < 1.29 is 4.79 Å². The van der Waals surface area contributed by atoms with Crippen molar-refractivity contribution in [3.05, 3.63) is 96.3 Å². The van der Waals surface area contributed by atoms with Crippen molar-refractivity contribution in [2.24, 2.45) is 7.05 Å². The summed E-state index contributed by atoms with van der Waals surface area (Å²) in [5.74, 6) is 1.26. The largest absolute Gasteiger partial charge is 0.339 e. The van der Waals surface area contributed by atoms with E-state index in [-0.39, 0.29) is 11.9 Å². The van der Waals surface area contributed by atoms with Gasteiger partial charge < -0.3 is 9.47 Å². The number of aromatic nitrogens is 4. The molecule has 8 heteroatoms. The predicted molar refractivity (Wildman–Crippen MR) is 138 cm³/mol. The molecule has 0 spiro atoms. The first kappa shape index (κ1) is 23.3. The van der Waals surface area contributed by atoms with Gasteiger partial charge in [0.25, 0.3) is 0 Å². The van der Waals surface area contributed by atoms with Crippen LogP contribution in [0, 0.1) is 0 Å². The third kappa shape index (κ3) is 5.28. The van der Waals surface area contributed by atoms with E-state index in [0.717, 1.165) is 42.7 Å². The molecule has 35 heavy (non-hydrogen) atoms. The molecule has 7 nitrogen and oxygen atoms in total. The highest BCUT2D eigenvalue weighted by atomic mass is 32.2. The molecule has 0 saturated carbocycles. The summed E-state index contributed by atoms with van der Waals surface area (Å²) in [6.07, 6.45) is 3.47. The van der Waals surface area contributed by atoms with Gasteiger partial charge in [-0.05, 0) is 23.3 Å². The third-order valence-electron chi connectivity index (χ3n) is 6.36. The highest BCUT2D eigenvalue weighted by molar-refractivity contribution is 7.99. The van der Waals surface area contributed by atoms with Gasteiger partial charge in [0.1, 0.15) is 0 Å². The van der Waals surface area contributed by atoms with Crippen LogP contribution >= 0.6 is 11.8 Å². The van der Waals surface area contributed by atoms with E-state index < -0.39 is 0 Å². The Balaban J connectivity index is 1.20.